The predicted molar refractivity (Wildman–Crippen MR) is 56.3 cm³/mol. The number of carbonyl (C=O) groups excluding carboxylic acids is 1. The van der Waals surface area contributed by atoms with Gasteiger partial charge in [-0.25, -0.2) is 9.18 Å². The summed E-state index contributed by atoms with van der Waals surface area (Å²) in [5.74, 6) is -0.814. The minimum atomic E-state index is -1.67. The summed E-state index contributed by atoms with van der Waals surface area (Å²) in [5, 5.41) is 0. The fourth-order valence-electron chi connectivity index (χ4n) is 1.32. The Morgan fingerprint density at radius 1 is 1.47 bits per heavy atom. The molecular formula is C12H15FO2. The van der Waals surface area contributed by atoms with Crippen molar-refractivity contribution in [2.75, 3.05) is 6.61 Å². The maximum atomic E-state index is 13.6. The number of alkyl halides is 1. The first-order valence-electron chi connectivity index (χ1n) is 5.08. The van der Waals surface area contributed by atoms with Gasteiger partial charge in [-0.15, -0.1) is 0 Å². The van der Waals surface area contributed by atoms with E-state index in [2.05, 4.69) is 4.74 Å². The third-order valence-electron chi connectivity index (χ3n) is 2.15. The van der Waals surface area contributed by atoms with Crippen LogP contribution in [0.4, 0.5) is 4.39 Å². The number of benzene rings is 1. The second-order valence-corrected chi connectivity index (χ2v) is 3.21. The molecule has 0 saturated carbocycles. The molecule has 0 radical (unpaired) electrons. The average molecular weight is 210 g/mol. The van der Waals surface area contributed by atoms with Gasteiger partial charge in [-0.2, -0.15) is 0 Å². The molecular weight excluding hydrogens is 195 g/mol. The molecule has 0 aliphatic carbocycles. The molecule has 3 heteroatoms. The van der Waals surface area contributed by atoms with Crippen LogP contribution in [0.3, 0.4) is 0 Å². The number of esters is 1. The molecule has 82 valence electrons. The summed E-state index contributed by atoms with van der Waals surface area (Å²) in [5.41, 5.74) is 1.38. The number of carbonyl (C=O) groups is 1. The van der Waals surface area contributed by atoms with Crippen molar-refractivity contribution in [2.24, 2.45) is 0 Å². The molecule has 0 amide bonds. The van der Waals surface area contributed by atoms with Gasteiger partial charge in [0.05, 0.1) is 6.61 Å². The molecule has 0 aliphatic heterocycles. The van der Waals surface area contributed by atoms with Gasteiger partial charge in [0.25, 0.3) is 0 Å². The summed E-state index contributed by atoms with van der Waals surface area (Å²) >= 11 is 0. The Bertz CT molecular complexity index is 336. The van der Waals surface area contributed by atoms with Crippen molar-refractivity contribution in [3.8, 4) is 0 Å². The summed E-state index contributed by atoms with van der Waals surface area (Å²) in [7, 11) is 0. The minimum Gasteiger partial charge on any atom is -0.464 e. The first-order chi connectivity index (χ1) is 7.19. The summed E-state index contributed by atoms with van der Waals surface area (Å²) in [6, 6.07) is 6.95. The molecule has 15 heavy (non-hydrogen) atoms. The fourth-order valence-corrected chi connectivity index (χ4v) is 1.32. The third kappa shape index (κ3) is 3.05. The van der Waals surface area contributed by atoms with Crippen LogP contribution in [-0.2, 0) is 16.0 Å². The van der Waals surface area contributed by atoms with Crippen molar-refractivity contribution in [1.82, 2.24) is 0 Å². The average Bonchev–Trinajstić information content (AvgIpc) is 2.28. The Kier molecular flexibility index (Phi) is 4.28. The predicted octanol–water partition coefficient (Wildman–Crippen LogP) is 2.82. The van der Waals surface area contributed by atoms with Gasteiger partial charge in [0.2, 0.25) is 6.17 Å². The van der Waals surface area contributed by atoms with Gasteiger partial charge in [0, 0.05) is 0 Å². The van der Waals surface area contributed by atoms with Gasteiger partial charge in [0.1, 0.15) is 0 Å². The molecule has 1 aromatic rings. The van der Waals surface area contributed by atoms with E-state index in [0.29, 0.717) is 5.56 Å². The molecule has 1 rings (SSSR count). The van der Waals surface area contributed by atoms with E-state index in [9.17, 15) is 9.18 Å². The van der Waals surface area contributed by atoms with Gasteiger partial charge in [-0.3, -0.25) is 0 Å². The van der Waals surface area contributed by atoms with Crippen LogP contribution in [0.5, 0.6) is 0 Å². The normalized spacial score (nSPS) is 12.2. The number of halogens is 1. The van der Waals surface area contributed by atoms with Crippen LogP contribution in [-0.4, -0.2) is 12.6 Å². The molecule has 1 atom stereocenters. The van der Waals surface area contributed by atoms with Crippen molar-refractivity contribution in [1.29, 1.82) is 0 Å². The van der Waals surface area contributed by atoms with Crippen molar-refractivity contribution >= 4 is 5.97 Å². The molecule has 2 nitrogen and oxygen atoms in total. The van der Waals surface area contributed by atoms with Crippen molar-refractivity contribution < 1.29 is 13.9 Å². The zero-order chi connectivity index (χ0) is 11.3. The van der Waals surface area contributed by atoms with Crippen molar-refractivity contribution in [2.45, 2.75) is 26.4 Å². The van der Waals surface area contributed by atoms with Crippen LogP contribution in [0.1, 0.15) is 31.1 Å². The first kappa shape index (κ1) is 11.7. The number of hydrogen-bond acceptors (Lipinski definition) is 2. The van der Waals surface area contributed by atoms with Gasteiger partial charge < -0.3 is 4.74 Å². The fraction of sp³-hybridized carbons (Fsp3) is 0.417. The molecule has 0 heterocycles. The molecule has 0 saturated heterocycles. The lowest BCUT2D eigenvalue weighted by molar-refractivity contribution is -0.149. The van der Waals surface area contributed by atoms with Crippen LogP contribution in [0.15, 0.2) is 24.3 Å². The van der Waals surface area contributed by atoms with Crippen LogP contribution in [0.2, 0.25) is 0 Å². The number of aryl methyl sites for hydroxylation is 1. The second-order valence-electron chi connectivity index (χ2n) is 3.21. The Hall–Kier alpha value is -1.38. The zero-order valence-corrected chi connectivity index (χ0v) is 9.00. The highest BCUT2D eigenvalue weighted by molar-refractivity contribution is 5.76. The van der Waals surface area contributed by atoms with Gasteiger partial charge in [-0.05, 0) is 24.5 Å². The van der Waals surface area contributed by atoms with Crippen LogP contribution < -0.4 is 0 Å². The van der Waals surface area contributed by atoms with E-state index in [1.807, 2.05) is 13.0 Å². The molecule has 1 unspecified atom stereocenters. The quantitative estimate of drug-likeness (QED) is 0.714. The Morgan fingerprint density at radius 3 is 2.80 bits per heavy atom. The standard InChI is InChI=1S/C12H15FO2/c1-3-9-6-5-7-10(8-9)11(13)12(14)15-4-2/h5-8,11H,3-4H2,1-2H3. The second kappa shape index (κ2) is 5.49. The lowest BCUT2D eigenvalue weighted by Gasteiger charge is -2.08. The summed E-state index contributed by atoms with van der Waals surface area (Å²) in [6.07, 6.45) is -0.847. The third-order valence-corrected chi connectivity index (χ3v) is 2.15. The van der Waals surface area contributed by atoms with Crippen LogP contribution >= 0.6 is 0 Å². The van der Waals surface area contributed by atoms with Gasteiger partial charge >= 0.3 is 5.97 Å². The Balaban J connectivity index is 2.81. The van der Waals surface area contributed by atoms with E-state index in [1.165, 1.54) is 0 Å². The van der Waals surface area contributed by atoms with E-state index in [1.54, 1.807) is 25.1 Å². The van der Waals surface area contributed by atoms with E-state index < -0.39 is 12.1 Å². The van der Waals surface area contributed by atoms with Crippen molar-refractivity contribution in [3.63, 3.8) is 0 Å². The van der Waals surface area contributed by atoms with Crippen LogP contribution in [0.25, 0.3) is 0 Å². The summed E-state index contributed by atoms with van der Waals surface area (Å²) in [6.45, 7) is 3.84. The number of ether oxygens (including phenoxy) is 1. The highest BCUT2D eigenvalue weighted by Crippen LogP contribution is 2.20. The van der Waals surface area contributed by atoms with E-state index in [-0.39, 0.29) is 6.61 Å². The molecule has 0 fully saturated rings. The number of hydrogen-bond donors (Lipinski definition) is 0. The highest BCUT2D eigenvalue weighted by Gasteiger charge is 2.20. The largest absolute Gasteiger partial charge is 0.464 e. The molecule has 0 aromatic heterocycles. The molecule has 0 N–H and O–H groups in total. The first-order valence-corrected chi connectivity index (χ1v) is 5.08. The molecule has 1 aromatic carbocycles. The van der Waals surface area contributed by atoms with Crippen molar-refractivity contribution in [3.05, 3.63) is 35.4 Å². The lowest BCUT2D eigenvalue weighted by Crippen LogP contribution is -2.12. The molecule has 0 bridgehead atoms. The molecule has 0 spiro atoms. The maximum Gasteiger partial charge on any atom is 0.345 e. The van der Waals surface area contributed by atoms with Gasteiger partial charge in [-0.1, -0.05) is 31.2 Å². The maximum absolute atomic E-state index is 13.6. The highest BCUT2D eigenvalue weighted by atomic mass is 19.1. The monoisotopic (exact) mass is 210 g/mol. The smallest absolute Gasteiger partial charge is 0.345 e. The Labute approximate surface area is 89.1 Å². The SMILES string of the molecule is CCOC(=O)C(F)c1cccc(CC)c1. The van der Waals surface area contributed by atoms with E-state index >= 15 is 0 Å². The van der Waals surface area contributed by atoms with E-state index in [0.717, 1.165) is 12.0 Å². The summed E-state index contributed by atoms with van der Waals surface area (Å²) < 4.78 is 18.2. The van der Waals surface area contributed by atoms with E-state index in [4.69, 9.17) is 0 Å². The molecule has 0 aliphatic rings. The minimum absolute atomic E-state index is 0.201. The number of rotatable bonds is 4. The Morgan fingerprint density at radius 2 is 2.20 bits per heavy atom. The lowest BCUT2D eigenvalue weighted by atomic mass is 10.1. The van der Waals surface area contributed by atoms with Crippen LogP contribution in [0, 0.1) is 0 Å². The van der Waals surface area contributed by atoms with Gasteiger partial charge in [0.15, 0.2) is 0 Å². The zero-order valence-electron chi connectivity index (χ0n) is 9.00. The summed E-state index contributed by atoms with van der Waals surface area (Å²) in [4.78, 5) is 11.1. The topological polar surface area (TPSA) is 26.3 Å².